The minimum absolute atomic E-state index is 0.240. The average molecular weight is 303 g/mol. The van der Waals surface area contributed by atoms with Crippen molar-refractivity contribution in [3.63, 3.8) is 0 Å². The molecule has 0 radical (unpaired) electrons. The Hall–Kier alpha value is -2.56. The summed E-state index contributed by atoms with van der Waals surface area (Å²) in [4.78, 5) is 12.5. The lowest BCUT2D eigenvalue weighted by molar-refractivity contribution is -0.137. The molecule has 3 rings (SSSR count). The molecule has 0 aliphatic rings. The molecule has 0 unspecified atom stereocenters. The Balaban J connectivity index is 2.03. The van der Waals surface area contributed by atoms with Gasteiger partial charge in [0.2, 0.25) is 0 Å². The number of rotatable bonds is 2. The largest absolute Gasteiger partial charge is 0.416 e. The zero-order chi connectivity index (χ0) is 15.9. The monoisotopic (exact) mass is 303 g/mol. The first-order valence-electron chi connectivity index (χ1n) is 6.64. The molecule has 0 atom stereocenters. The van der Waals surface area contributed by atoms with E-state index >= 15 is 0 Å². The molecule has 1 aromatic heterocycles. The maximum absolute atomic E-state index is 12.6. The van der Waals surface area contributed by atoms with Crippen molar-refractivity contribution in [2.75, 3.05) is 0 Å². The standard InChI is InChI=1S/C17H12F3NO/c1-21-10-14(13-4-2-3-5-15(13)21)16(22)11-6-8-12(9-7-11)17(18,19)20/h2-10H,1H3. The maximum atomic E-state index is 12.6. The Morgan fingerprint density at radius 3 is 2.27 bits per heavy atom. The Morgan fingerprint density at radius 1 is 1.00 bits per heavy atom. The van der Waals surface area contributed by atoms with Crippen molar-refractivity contribution in [3.05, 3.63) is 71.4 Å². The number of aromatic nitrogens is 1. The Morgan fingerprint density at radius 2 is 1.64 bits per heavy atom. The second kappa shape index (κ2) is 5.02. The fraction of sp³-hybridized carbons (Fsp3) is 0.118. The van der Waals surface area contributed by atoms with Crippen molar-refractivity contribution in [1.82, 2.24) is 4.57 Å². The number of carbonyl (C=O) groups is 1. The third-order valence-corrected chi connectivity index (χ3v) is 3.62. The van der Waals surface area contributed by atoms with Gasteiger partial charge in [-0.3, -0.25) is 4.79 Å². The second-order valence-electron chi connectivity index (χ2n) is 5.08. The minimum Gasteiger partial charge on any atom is -0.350 e. The summed E-state index contributed by atoms with van der Waals surface area (Å²) in [5, 5.41) is 0.787. The summed E-state index contributed by atoms with van der Waals surface area (Å²) in [7, 11) is 1.83. The molecule has 5 heteroatoms. The van der Waals surface area contributed by atoms with E-state index in [0.29, 0.717) is 5.56 Å². The number of para-hydroxylation sites is 1. The number of fused-ring (bicyclic) bond motifs is 1. The topological polar surface area (TPSA) is 22.0 Å². The predicted octanol–water partition coefficient (Wildman–Crippen LogP) is 4.43. The first kappa shape index (κ1) is 14.4. The van der Waals surface area contributed by atoms with Crippen LogP contribution in [0.15, 0.2) is 54.7 Å². The molecule has 0 saturated carbocycles. The molecule has 0 bridgehead atoms. The first-order chi connectivity index (χ1) is 10.4. The number of carbonyl (C=O) groups excluding carboxylic acids is 1. The van der Waals surface area contributed by atoms with E-state index in [4.69, 9.17) is 0 Å². The molecule has 2 aromatic carbocycles. The molecule has 0 aliphatic heterocycles. The molecule has 3 aromatic rings. The van der Waals surface area contributed by atoms with Gasteiger partial charge in [-0.05, 0) is 18.2 Å². The first-order valence-corrected chi connectivity index (χ1v) is 6.64. The van der Waals surface area contributed by atoms with E-state index in [1.807, 2.05) is 35.9 Å². The summed E-state index contributed by atoms with van der Waals surface area (Å²) in [6.45, 7) is 0. The normalized spacial score (nSPS) is 11.8. The van der Waals surface area contributed by atoms with Gasteiger partial charge in [0.25, 0.3) is 0 Å². The highest BCUT2D eigenvalue weighted by Crippen LogP contribution is 2.30. The molecular weight excluding hydrogens is 291 g/mol. The molecule has 0 spiro atoms. The zero-order valence-electron chi connectivity index (χ0n) is 11.7. The highest BCUT2D eigenvalue weighted by Gasteiger charge is 2.30. The van der Waals surface area contributed by atoms with E-state index in [-0.39, 0.29) is 11.3 Å². The van der Waals surface area contributed by atoms with Crippen LogP contribution >= 0.6 is 0 Å². The van der Waals surface area contributed by atoms with E-state index in [0.717, 1.165) is 23.0 Å². The van der Waals surface area contributed by atoms with Crippen LogP contribution in [-0.2, 0) is 13.2 Å². The highest BCUT2D eigenvalue weighted by molar-refractivity contribution is 6.16. The van der Waals surface area contributed by atoms with Crippen LogP contribution in [0.2, 0.25) is 0 Å². The van der Waals surface area contributed by atoms with Gasteiger partial charge in [0.05, 0.1) is 5.56 Å². The molecular formula is C17H12F3NO. The van der Waals surface area contributed by atoms with Crippen molar-refractivity contribution in [2.45, 2.75) is 6.18 Å². The van der Waals surface area contributed by atoms with Crippen molar-refractivity contribution in [3.8, 4) is 0 Å². The molecule has 0 amide bonds. The lowest BCUT2D eigenvalue weighted by Crippen LogP contribution is -2.06. The van der Waals surface area contributed by atoms with Gasteiger partial charge in [-0.2, -0.15) is 13.2 Å². The Labute approximate surface area is 124 Å². The van der Waals surface area contributed by atoms with Crippen LogP contribution in [0.1, 0.15) is 21.5 Å². The number of hydrogen-bond acceptors (Lipinski definition) is 1. The predicted molar refractivity (Wildman–Crippen MR) is 77.8 cm³/mol. The summed E-state index contributed by atoms with van der Waals surface area (Å²) in [5.41, 5.74) is 0.863. The van der Waals surface area contributed by atoms with Crippen molar-refractivity contribution in [1.29, 1.82) is 0 Å². The smallest absolute Gasteiger partial charge is 0.350 e. The van der Waals surface area contributed by atoms with Crippen LogP contribution in [0.25, 0.3) is 10.9 Å². The van der Waals surface area contributed by atoms with Gasteiger partial charge in [0, 0.05) is 35.3 Å². The maximum Gasteiger partial charge on any atom is 0.416 e. The van der Waals surface area contributed by atoms with E-state index < -0.39 is 11.7 Å². The molecule has 0 N–H and O–H groups in total. The van der Waals surface area contributed by atoms with Crippen molar-refractivity contribution in [2.24, 2.45) is 7.05 Å². The molecule has 22 heavy (non-hydrogen) atoms. The van der Waals surface area contributed by atoms with Crippen molar-refractivity contribution < 1.29 is 18.0 Å². The van der Waals surface area contributed by atoms with E-state index in [1.54, 1.807) is 6.20 Å². The lowest BCUT2D eigenvalue weighted by atomic mass is 10.0. The van der Waals surface area contributed by atoms with Gasteiger partial charge in [0.15, 0.2) is 5.78 Å². The number of benzene rings is 2. The molecule has 0 aliphatic carbocycles. The summed E-state index contributed by atoms with van der Waals surface area (Å²) in [6, 6.07) is 11.7. The molecule has 2 nitrogen and oxygen atoms in total. The number of hydrogen-bond donors (Lipinski definition) is 0. The molecule has 1 heterocycles. The highest BCUT2D eigenvalue weighted by atomic mass is 19.4. The van der Waals surface area contributed by atoms with Crippen LogP contribution in [-0.4, -0.2) is 10.4 Å². The second-order valence-corrected chi connectivity index (χ2v) is 5.08. The summed E-state index contributed by atoms with van der Waals surface area (Å²) < 4.78 is 39.5. The van der Waals surface area contributed by atoms with E-state index in [9.17, 15) is 18.0 Å². The van der Waals surface area contributed by atoms with Gasteiger partial charge >= 0.3 is 6.18 Å². The van der Waals surface area contributed by atoms with Gasteiger partial charge in [0.1, 0.15) is 0 Å². The Bertz CT molecular complexity index is 844. The fourth-order valence-corrected chi connectivity index (χ4v) is 2.49. The fourth-order valence-electron chi connectivity index (χ4n) is 2.49. The number of nitrogens with zero attached hydrogens (tertiary/aromatic N) is 1. The third kappa shape index (κ3) is 2.39. The lowest BCUT2D eigenvalue weighted by Gasteiger charge is -2.07. The van der Waals surface area contributed by atoms with Crippen LogP contribution in [0, 0.1) is 0 Å². The third-order valence-electron chi connectivity index (χ3n) is 3.62. The van der Waals surface area contributed by atoms with Gasteiger partial charge in [-0.15, -0.1) is 0 Å². The average Bonchev–Trinajstić information content (AvgIpc) is 2.83. The van der Waals surface area contributed by atoms with Crippen LogP contribution in [0.3, 0.4) is 0 Å². The van der Waals surface area contributed by atoms with Crippen LogP contribution in [0.5, 0.6) is 0 Å². The number of halogens is 3. The van der Waals surface area contributed by atoms with E-state index in [1.165, 1.54) is 12.1 Å². The van der Waals surface area contributed by atoms with Crippen molar-refractivity contribution >= 4 is 16.7 Å². The quantitative estimate of drug-likeness (QED) is 0.642. The Kier molecular flexibility index (Phi) is 3.28. The number of ketones is 1. The molecule has 0 fully saturated rings. The molecule has 112 valence electrons. The SMILES string of the molecule is Cn1cc(C(=O)c2ccc(C(F)(F)F)cc2)c2ccccc21. The van der Waals surface area contributed by atoms with Gasteiger partial charge in [-0.1, -0.05) is 30.3 Å². The zero-order valence-corrected chi connectivity index (χ0v) is 11.7. The summed E-state index contributed by atoms with van der Waals surface area (Å²) in [5.74, 6) is -0.287. The summed E-state index contributed by atoms with van der Waals surface area (Å²) >= 11 is 0. The van der Waals surface area contributed by atoms with Gasteiger partial charge < -0.3 is 4.57 Å². The number of aryl methyl sites for hydroxylation is 1. The van der Waals surface area contributed by atoms with Gasteiger partial charge in [-0.25, -0.2) is 0 Å². The number of alkyl halides is 3. The summed E-state index contributed by atoms with van der Waals surface area (Å²) in [6.07, 6.45) is -2.70. The minimum atomic E-state index is -4.40. The van der Waals surface area contributed by atoms with Crippen LogP contribution in [0.4, 0.5) is 13.2 Å². The molecule has 0 saturated heterocycles. The van der Waals surface area contributed by atoms with Crippen LogP contribution < -0.4 is 0 Å². The van der Waals surface area contributed by atoms with E-state index in [2.05, 4.69) is 0 Å².